The summed E-state index contributed by atoms with van der Waals surface area (Å²) in [6, 6.07) is 4.11. The quantitative estimate of drug-likeness (QED) is 0.500. The van der Waals surface area contributed by atoms with E-state index in [2.05, 4.69) is 36.4 Å². The molecule has 2 amide bonds. The van der Waals surface area contributed by atoms with Gasteiger partial charge in [-0.2, -0.15) is 0 Å². The van der Waals surface area contributed by atoms with Crippen LogP contribution in [0, 0.1) is 0 Å². The molecule has 1 aromatic rings. The first-order valence-electron chi connectivity index (χ1n) is 10.1. The first kappa shape index (κ1) is 22.0. The lowest BCUT2D eigenvalue weighted by atomic mass is 10.1. The van der Waals surface area contributed by atoms with Crippen LogP contribution in [-0.2, 0) is 16.0 Å². The lowest BCUT2D eigenvalue weighted by molar-refractivity contribution is -0.136. The summed E-state index contributed by atoms with van der Waals surface area (Å²) in [5.74, 6) is -0.0709. The molecule has 2 N–H and O–H groups in total. The number of carbonyl (C=O) groups excluding carboxylic acids is 2. The van der Waals surface area contributed by atoms with Crippen LogP contribution in [0.5, 0.6) is 11.5 Å². The standard InChI is InChI=1S/C21H33N3O4/c1-6-27-19-12-16-11-15(4)28-18(16)13-17(19)23-21(26)20(25)22-9-7-8-10-24(5)14(2)3/h12-15H,6-11H2,1-5H3,(H,22,25)(H,23,26). The fraction of sp³-hybridized carbons (Fsp3) is 0.619. The SMILES string of the molecule is CCOc1cc2c(cc1NC(=O)C(=O)NCCCCN(C)C(C)C)OC(C)C2. The zero-order chi connectivity index (χ0) is 20.7. The molecule has 2 rings (SSSR count). The topological polar surface area (TPSA) is 79.9 Å². The highest BCUT2D eigenvalue weighted by molar-refractivity contribution is 6.39. The number of nitrogens with one attached hydrogen (secondary N) is 2. The number of carbonyl (C=O) groups is 2. The van der Waals surface area contributed by atoms with Crippen molar-refractivity contribution in [1.82, 2.24) is 10.2 Å². The van der Waals surface area contributed by atoms with Crippen molar-refractivity contribution in [3.63, 3.8) is 0 Å². The summed E-state index contributed by atoms with van der Waals surface area (Å²) in [4.78, 5) is 26.6. The van der Waals surface area contributed by atoms with E-state index in [0.29, 0.717) is 30.6 Å². The van der Waals surface area contributed by atoms with Crippen LogP contribution >= 0.6 is 0 Å². The van der Waals surface area contributed by atoms with Gasteiger partial charge in [0.05, 0.1) is 12.3 Å². The van der Waals surface area contributed by atoms with Gasteiger partial charge in [-0.25, -0.2) is 0 Å². The first-order valence-corrected chi connectivity index (χ1v) is 10.1. The Labute approximate surface area is 167 Å². The second-order valence-corrected chi connectivity index (χ2v) is 7.51. The smallest absolute Gasteiger partial charge is 0.313 e. The van der Waals surface area contributed by atoms with Crippen molar-refractivity contribution in [3.05, 3.63) is 17.7 Å². The van der Waals surface area contributed by atoms with Crippen LogP contribution in [0.3, 0.4) is 0 Å². The molecule has 28 heavy (non-hydrogen) atoms. The molecule has 0 radical (unpaired) electrons. The maximum Gasteiger partial charge on any atom is 0.313 e. The first-order chi connectivity index (χ1) is 13.3. The summed E-state index contributed by atoms with van der Waals surface area (Å²) in [5, 5.41) is 5.32. The van der Waals surface area contributed by atoms with Crippen molar-refractivity contribution >= 4 is 17.5 Å². The fourth-order valence-corrected chi connectivity index (χ4v) is 3.02. The van der Waals surface area contributed by atoms with Gasteiger partial charge in [0, 0.05) is 30.6 Å². The molecular formula is C21H33N3O4. The van der Waals surface area contributed by atoms with Crippen molar-refractivity contribution in [1.29, 1.82) is 0 Å². The van der Waals surface area contributed by atoms with Gasteiger partial charge in [-0.1, -0.05) is 0 Å². The highest BCUT2D eigenvalue weighted by Gasteiger charge is 2.23. The monoisotopic (exact) mass is 391 g/mol. The van der Waals surface area contributed by atoms with E-state index >= 15 is 0 Å². The van der Waals surface area contributed by atoms with Crippen LogP contribution in [0.2, 0.25) is 0 Å². The van der Waals surface area contributed by atoms with Gasteiger partial charge in [0.15, 0.2) is 0 Å². The Balaban J connectivity index is 1.86. The maximum atomic E-state index is 12.3. The molecule has 1 aromatic carbocycles. The van der Waals surface area contributed by atoms with E-state index in [1.165, 1.54) is 0 Å². The van der Waals surface area contributed by atoms with Gasteiger partial charge in [-0.05, 0) is 60.2 Å². The number of rotatable bonds is 9. The molecule has 0 saturated heterocycles. The third-order valence-electron chi connectivity index (χ3n) is 4.86. The highest BCUT2D eigenvalue weighted by Crippen LogP contribution is 2.38. The van der Waals surface area contributed by atoms with Gasteiger partial charge >= 0.3 is 11.8 Å². The third-order valence-corrected chi connectivity index (χ3v) is 4.86. The third kappa shape index (κ3) is 6.12. The van der Waals surface area contributed by atoms with Crippen molar-refractivity contribution < 1.29 is 19.1 Å². The van der Waals surface area contributed by atoms with E-state index in [1.54, 1.807) is 6.07 Å². The summed E-state index contributed by atoms with van der Waals surface area (Å²) < 4.78 is 11.4. The minimum absolute atomic E-state index is 0.0912. The summed E-state index contributed by atoms with van der Waals surface area (Å²) in [6.07, 6.45) is 2.68. The summed E-state index contributed by atoms with van der Waals surface area (Å²) in [7, 11) is 2.08. The molecule has 1 aliphatic rings. The molecule has 7 nitrogen and oxygen atoms in total. The van der Waals surface area contributed by atoms with Gasteiger partial charge in [0.1, 0.15) is 17.6 Å². The Bertz CT molecular complexity index is 690. The Morgan fingerprint density at radius 3 is 2.71 bits per heavy atom. The van der Waals surface area contributed by atoms with Crippen molar-refractivity contribution in [2.24, 2.45) is 0 Å². The van der Waals surface area contributed by atoms with Crippen LogP contribution in [0.25, 0.3) is 0 Å². The van der Waals surface area contributed by atoms with Gasteiger partial charge in [-0.15, -0.1) is 0 Å². The molecule has 0 spiro atoms. The molecule has 0 fully saturated rings. The normalized spacial score (nSPS) is 15.3. The minimum atomic E-state index is -0.703. The Hall–Kier alpha value is -2.28. The van der Waals surface area contributed by atoms with Crippen molar-refractivity contribution in [2.75, 3.05) is 32.1 Å². The van der Waals surface area contributed by atoms with E-state index in [-0.39, 0.29) is 6.10 Å². The van der Waals surface area contributed by atoms with Crippen LogP contribution < -0.4 is 20.1 Å². The summed E-state index contributed by atoms with van der Waals surface area (Å²) >= 11 is 0. The van der Waals surface area contributed by atoms with Crippen molar-refractivity contribution in [2.45, 2.75) is 59.1 Å². The molecule has 1 atom stereocenters. The average molecular weight is 392 g/mol. The van der Waals surface area contributed by atoms with Gasteiger partial charge in [0.2, 0.25) is 0 Å². The molecular weight excluding hydrogens is 358 g/mol. The molecule has 156 valence electrons. The molecule has 1 unspecified atom stereocenters. The predicted molar refractivity (Wildman–Crippen MR) is 110 cm³/mol. The Morgan fingerprint density at radius 2 is 2.04 bits per heavy atom. The predicted octanol–water partition coefficient (Wildman–Crippen LogP) is 2.58. The van der Waals surface area contributed by atoms with E-state index in [9.17, 15) is 9.59 Å². The number of anilines is 1. The van der Waals surface area contributed by atoms with Crippen LogP contribution in [-0.4, -0.2) is 55.6 Å². The molecule has 0 saturated carbocycles. The second kappa shape index (κ2) is 10.3. The summed E-state index contributed by atoms with van der Waals surface area (Å²) in [6.45, 7) is 10.1. The molecule has 1 heterocycles. The number of benzene rings is 1. The Kier molecular flexibility index (Phi) is 8.11. The van der Waals surface area contributed by atoms with Gasteiger partial charge < -0.3 is 25.0 Å². The Morgan fingerprint density at radius 1 is 1.29 bits per heavy atom. The molecule has 0 aliphatic carbocycles. The second-order valence-electron chi connectivity index (χ2n) is 7.51. The van der Waals surface area contributed by atoms with Crippen LogP contribution in [0.1, 0.15) is 46.1 Å². The largest absolute Gasteiger partial charge is 0.492 e. The lowest BCUT2D eigenvalue weighted by Crippen LogP contribution is -2.36. The minimum Gasteiger partial charge on any atom is -0.492 e. The number of unbranched alkanes of at least 4 members (excludes halogenated alkanes) is 1. The number of fused-ring (bicyclic) bond motifs is 1. The van der Waals surface area contributed by atoms with E-state index < -0.39 is 11.8 Å². The van der Waals surface area contributed by atoms with Gasteiger partial charge in [-0.3, -0.25) is 9.59 Å². The molecule has 0 bridgehead atoms. The van der Waals surface area contributed by atoms with Gasteiger partial charge in [0.25, 0.3) is 0 Å². The zero-order valence-corrected chi connectivity index (χ0v) is 17.6. The number of nitrogens with zero attached hydrogens (tertiary/aromatic N) is 1. The van der Waals surface area contributed by atoms with Crippen LogP contribution in [0.4, 0.5) is 5.69 Å². The maximum absolute atomic E-state index is 12.3. The van der Waals surface area contributed by atoms with E-state index in [4.69, 9.17) is 9.47 Å². The van der Waals surface area contributed by atoms with Crippen LogP contribution in [0.15, 0.2) is 12.1 Å². The number of amides is 2. The zero-order valence-electron chi connectivity index (χ0n) is 17.6. The highest BCUT2D eigenvalue weighted by atomic mass is 16.5. The molecule has 0 aromatic heterocycles. The number of hydrogen-bond donors (Lipinski definition) is 2. The van der Waals surface area contributed by atoms with Crippen molar-refractivity contribution in [3.8, 4) is 11.5 Å². The fourth-order valence-electron chi connectivity index (χ4n) is 3.02. The number of ether oxygens (including phenoxy) is 2. The summed E-state index contributed by atoms with van der Waals surface area (Å²) in [5.41, 5.74) is 1.50. The van der Waals surface area contributed by atoms with E-state index in [1.807, 2.05) is 19.9 Å². The average Bonchev–Trinajstić information content (AvgIpc) is 3.00. The molecule has 1 aliphatic heterocycles. The number of hydrogen-bond acceptors (Lipinski definition) is 5. The lowest BCUT2D eigenvalue weighted by Gasteiger charge is -2.20. The molecule has 7 heteroatoms. The van der Waals surface area contributed by atoms with E-state index in [0.717, 1.165) is 37.1 Å².